The van der Waals surface area contributed by atoms with Gasteiger partial charge in [0, 0.05) is 49.0 Å². The third-order valence-electron chi connectivity index (χ3n) is 7.95. The number of carbonyl (C=O) groups is 1. The number of imidazole rings is 1. The van der Waals surface area contributed by atoms with Crippen LogP contribution in [0.25, 0.3) is 26.4 Å². The molecule has 6 rings (SSSR count). The molecule has 2 fully saturated rings. The summed E-state index contributed by atoms with van der Waals surface area (Å²) in [5.41, 5.74) is 3.63. The van der Waals surface area contributed by atoms with Crippen molar-refractivity contribution in [1.29, 1.82) is 0 Å². The zero-order valence-electron chi connectivity index (χ0n) is 21.6. The molecule has 2 aromatic heterocycles. The molecule has 38 heavy (non-hydrogen) atoms. The number of hydrogen-bond acceptors (Lipinski definition) is 5. The molecule has 0 radical (unpaired) electrons. The van der Waals surface area contributed by atoms with E-state index in [1.165, 1.54) is 11.3 Å². The van der Waals surface area contributed by atoms with Crippen molar-refractivity contribution >= 4 is 32.4 Å². The van der Waals surface area contributed by atoms with Crippen LogP contribution in [0.4, 0.5) is 8.78 Å². The highest BCUT2D eigenvalue weighted by Crippen LogP contribution is 2.33. The van der Waals surface area contributed by atoms with E-state index in [0.29, 0.717) is 36.2 Å². The molecular formula is C29H33F2N5OS. The van der Waals surface area contributed by atoms with E-state index in [-0.39, 0.29) is 23.8 Å². The van der Waals surface area contributed by atoms with E-state index >= 15 is 4.39 Å². The van der Waals surface area contributed by atoms with Gasteiger partial charge in [-0.05, 0) is 81.5 Å². The lowest BCUT2D eigenvalue weighted by atomic mass is 10.0. The maximum Gasteiger partial charge on any atom is 0.251 e. The van der Waals surface area contributed by atoms with Crippen molar-refractivity contribution in [3.05, 3.63) is 59.5 Å². The Morgan fingerprint density at radius 3 is 2.92 bits per heavy atom. The van der Waals surface area contributed by atoms with Crippen LogP contribution in [-0.4, -0.2) is 58.6 Å². The topological polar surface area (TPSA) is 61.7 Å². The summed E-state index contributed by atoms with van der Waals surface area (Å²) >= 11 is 1.49. The Morgan fingerprint density at radius 2 is 2.13 bits per heavy atom. The smallest absolute Gasteiger partial charge is 0.251 e. The molecule has 0 saturated carbocycles. The summed E-state index contributed by atoms with van der Waals surface area (Å²) in [6.07, 6.45) is 5.35. The first kappa shape index (κ1) is 25.4. The molecule has 3 atom stereocenters. The molecular weight excluding hydrogens is 504 g/mol. The van der Waals surface area contributed by atoms with Crippen LogP contribution in [-0.2, 0) is 0 Å². The Kier molecular flexibility index (Phi) is 7.16. The van der Waals surface area contributed by atoms with E-state index in [4.69, 9.17) is 4.98 Å². The van der Waals surface area contributed by atoms with Crippen LogP contribution in [0.15, 0.2) is 42.6 Å². The molecule has 2 aliphatic heterocycles. The fraction of sp³-hybridized carbons (Fsp3) is 0.448. The number of alkyl halides is 1. The second-order valence-corrected chi connectivity index (χ2v) is 11.6. The number of halogens is 2. The van der Waals surface area contributed by atoms with Crippen LogP contribution in [0.3, 0.4) is 0 Å². The van der Waals surface area contributed by atoms with Crippen molar-refractivity contribution in [3.8, 4) is 11.3 Å². The Morgan fingerprint density at radius 1 is 1.24 bits per heavy atom. The maximum atomic E-state index is 15.0. The largest absolute Gasteiger partial charge is 0.352 e. The van der Waals surface area contributed by atoms with Gasteiger partial charge in [0.15, 0.2) is 4.96 Å². The van der Waals surface area contributed by atoms with Gasteiger partial charge in [0.1, 0.15) is 12.0 Å². The molecule has 200 valence electrons. The van der Waals surface area contributed by atoms with Crippen molar-refractivity contribution in [2.45, 2.75) is 57.3 Å². The van der Waals surface area contributed by atoms with Crippen LogP contribution in [0.5, 0.6) is 0 Å². The maximum absolute atomic E-state index is 15.0. The SMILES string of the molecule is CC1CC(F)CCN1CCCNC(=O)c1ccc2c(c1)sc1nc(-c3ccc([C@@H]4CCCN4)cc3F)cn12. The average molecular weight is 538 g/mol. The number of piperidine rings is 1. The van der Waals surface area contributed by atoms with Gasteiger partial charge in [-0.3, -0.25) is 9.20 Å². The Hall–Kier alpha value is -2.88. The predicted octanol–water partition coefficient (Wildman–Crippen LogP) is 5.72. The van der Waals surface area contributed by atoms with Gasteiger partial charge in [0.25, 0.3) is 5.91 Å². The highest BCUT2D eigenvalue weighted by atomic mass is 32.1. The second kappa shape index (κ2) is 10.7. The van der Waals surface area contributed by atoms with Crippen LogP contribution >= 0.6 is 11.3 Å². The van der Waals surface area contributed by atoms with E-state index in [0.717, 1.165) is 59.6 Å². The number of hydrogen-bond donors (Lipinski definition) is 2. The standard InChI is InChI=1S/C29H33F2N5OS/c1-18-14-21(30)9-13-35(18)12-3-11-33-28(37)20-6-8-26-27(16-20)38-29-34-25(17-36(26)29)22-7-5-19(15-23(22)31)24-4-2-10-32-24/h5-8,15-18,21,24,32H,2-4,9-14H2,1H3,(H,33,37)/t18?,21?,24-/m0/s1. The highest BCUT2D eigenvalue weighted by molar-refractivity contribution is 7.23. The monoisotopic (exact) mass is 537 g/mol. The number of fused-ring (bicyclic) bond motifs is 3. The Labute approximate surface area is 225 Å². The van der Waals surface area contributed by atoms with E-state index in [9.17, 15) is 9.18 Å². The van der Waals surface area contributed by atoms with Gasteiger partial charge in [-0.2, -0.15) is 0 Å². The summed E-state index contributed by atoms with van der Waals surface area (Å²) in [4.78, 5) is 20.5. The number of nitrogens with zero attached hydrogens (tertiary/aromatic N) is 3. The van der Waals surface area contributed by atoms with Crippen LogP contribution in [0.2, 0.25) is 0 Å². The molecule has 0 spiro atoms. The molecule has 0 aliphatic carbocycles. The molecule has 2 unspecified atom stereocenters. The van der Waals surface area contributed by atoms with Gasteiger partial charge in [0.2, 0.25) is 0 Å². The number of likely N-dealkylation sites (tertiary alicyclic amines) is 1. The van der Waals surface area contributed by atoms with Crippen molar-refractivity contribution in [2.75, 3.05) is 26.2 Å². The number of benzene rings is 2. The quantitative estimate of drug-likeness (QED) is 0.296. The van der Waals surface area contributed by atoms with Crippen LogP contribution in [0, 0.1) is 5.82 Å². The molecule has 0 bridgehead atoms. The second-order valence-electron chi connectivity index (χ2n) is 10.6. The first-order valence-electron chi connectivity index (χ1n) is 13.6. The molecule has 1 amide bonds. The molecule has 2 N–H and O–H groups in total. The molecule has 2 saturated heterocycles. The number of aromatic nitrogens is 2. The zero-order chi connectivity index (χ0) is 26.2. The van der Waals surface area contributed by atoms with E-state index in [2.05, 4.69) is 22.5 Å². The summed E-state index contributed by atoms with van der Waals surface area (Å²) < 4.78 is 31.4. The third-order valence-corrected chi connectivity index (χ3v) is 8.96. The minimum Gasteiger partial charge on any atom is -0.352 e. The van der Waals surface area contributed by atoms with Gasteiger partial charge < -0.3 is 15.5 Å². The summed E-state index contributed by atoms with van der Waals surface area (Å²) in [5.74, 6) is -0.361. The lowest BCUT2D eigenvalue weighted by Crippen LogP contribution is -2.42. The Balaban J connectivity index is 1.11. The minimum absolute atomic E-state index is 0.104. The molecule has 6 nitrogen and oxygen atoms in total. The number of rotatable bonds is 7. The molecule has 4 aromatic rings. The van der Waals surface area contributed by atoms with Gasteiger partial charge in [0.05, 0.1) is 15.9 Å². The summed E-state index contributed by atoms with van der Waals surface area (Å²) in [6.45, 7) is 5.27. The van der Waals surface area contributed by atoms with E-state index < -0.39 is 6.17 Å². The normalized spacial score (nSPS) is 22.4. The van der Waals surface area contributed by atoms with Gasteiger partial charge >= 0.3 is 0 Å². The average Bonchev–Trinajstić information content (AvgIpc) is 3.64. The summed E-state index contributed by atoms with van der Waals surface area (Å²) in [5, 5.41) is 6.43. The van der Waals surface area contributed by atoms with Gasteiger partial charge in [-0.25, -0.2) is 13.8 Å². The number of thiazole rings is 1. The summed E-state index contributed by atoms with van der Waals surface area (Å²) in [7, 11) is 0. The summed E-state index contributed by atoms with van der Waals surface area (Å²) in [6, 6.07) is 11.6. The van der Waals surface area contributed by atoms with Crippen LogP contribution < -0.4 is 10.6 Å². The van der Waals surface area contributed by atoms with Crippen molar-refractivity contribution < 1.29 is 13.6 Å². The van der Waals surface area contributed by atoms with E-state index in [1.807, 2.05) is 40.9 Å². The minimum atomic E-state index is -0.686. The number of amides is 1. The van der Waals surface area contributed by atoms with Gasteiger partial charge in [-0.1, -0.05) is 17.4 Å². The fourth-order valence-corrected chi connectivity index (χ4v) is 6.83. The first-order valence-corrected chi connectivity index (χ1v) is 14.4. The predicted molar refractivity (Wildman–Crippen MR) is 148 cm³/mol. The van der Waals surface area contributed by atoms with Crippen LogP contribution in [0.1, 0.15) is 61.0 Å². The van der Waals surface area contributed by atoms with Gasteiger partial charge in [-0.15, -0.1) is 0 Å². The van der Waals surface area contributed by atoms with Crippen molar-refractivity contribution in [3.63, 3.8) is 0 Å². The molecule has 4 heterocycles. The molecule has 9 heteroatoms. The lowest BCUT2D eigenvalue weighted by Gasteiger charge is -2.34. The van der Waals surface area contributed by atoms with E-state index in [1.54, 1.807) is 6.07 Å². The van der Waals surface area contributed by atoms with Crippen molar-refractivity contribution in [2.24, 2.45) is 0 Å². The lowest BCUT2D eigenvalue weighted by molar-refractivity contribution is 0.0924. The molecule has 2 aromatic carbocycles. The highest BCUT2D eigenvalue weighted by Gasteiger charge is 2.24. The van der Waals surface area contributed by atoms with Crippen molar-refractivity contribution in [1.82, 2.24) is 24.9 Å². The number of carbonyl (C=O) groups excluding carboxylic acids is 1. The number of nitrogens with one attached hydrogen (secondary N) is 2. The Bertz CT molecular complexity index is 1460. The first-order chi connectivity index (χ1) is 18.5. The zero-order valence-corrected chi connectivity index (χ0v) is 22.4. The molecule has 2 aliphatic rings. The third kappa shape index (κ3) is 5.07. The fourth-order valence-electron chi connectivity index (χ4n) is 5.78.